The Balaban J connectivity index is 1.94. The lowest BCUT2D eigenvalue weighted by molar-refractivity contribution is 0.632. The summed E-state index contributed by atoms with van der Waals surface area (Å²) in [5.41, 5.74) is 4.50. The molecule has 3 aliphatic carbocycles. The summed E-state index contributed by atoms with van der Waals surface area (Å²) < 4.78 is 0. The fraction of sp³-hybridized carbons (Fsp3) is 0.818. The van der Waals surface area contributed by atoms with Crippen molar-refractivity contribution >= 4 is 0 Å². The zero-order valence-electron chi connectivity index (χ0n) is 7.32. The van der Waals surface area contributed by atoms with E-state index in [-0.39, 0.29) is 0 Å². The smallest absolute Gasteiger partial charge is 0.0110 e. The minimum Gasteiger partial charge on any atom is -0.0695 e. The first-order valence-corrected chi connectivity index (χ1v) is 5.02. The molecule has 0 aromatic rings. The fourth-order valence-corrected chi connectivity index (χ4v) is 2.37. The maximum absolute atomic E-state index is 2.48. The SMILES string of the molecule is CC1(C(=C2CC2)C2CC2)CC1. The molecule has 0 bridgehead atoms. The molecule has 3 rings (SSSR count). The van der Waals surface area contributed by atoms with Gasteiger partial charge in [0.05, 0.1) is 0 Å². The molecule has 0 aromatic carbocycles. The second-order valence-corrected chi connectivity index (χ2v) is 4.85. The summed E-state index contributed by atoms with van der Waals surface area (Å²) in [7, 11) is 0. The Morgan fingerprint density at radius 1 is 1.27 bits per heavy atom. The van der Waals surface area contributed by atoms with Gasteiger partial charge >= 0.3 is 0 Å². The summed E-state index contributed by atoms with van der Waals surface area (Å²) in [5.74, 6) is 1.06. The molecule has 0 heteroatoms. The predicted octanol–water partition coefficient (Wildman–Crippen LogP) is 3.29. The van der Waals surface area contributed by atoms with Gasteiger partial charge in [-0.05, 0) is 49.9 Å². The normalized spacial score (nSPS) is 31.9. The topological polar surface area (TPSA) is 0 Å². The molecule has 0 unspecified atom stereocenters. The van der Waals surface area contributed by atoms with Crippen LogP contribution in [0.3, 0.4) is 0 Å². The zero-order valence-corrected chi connectivity index (χ0v) is 7.32. The van der Waals surface area contributed by atoms with Crippen LogP contribution in [0.2, 0.25) is 0 Å². The summed E-state index contributed by atoms with van der Waals surface area (Å²) in [4.78, 5) is 0. The highest BCUT2D eigenvalue weighted by molar-refractivity contribution is 5.37. The second kappa shape index (κ2) is 1.73. The van der Waals surface area contributed by atoms with Crippen LogP contribution >= 0.6 is 0 Å². The molecule has 3 fully saturated rings. The molecule has 0 nitrogen and oxygen atoms in total. The van der Waals surface area contributed by atoms with Crippen molar-refractivity contribution in [1.82, 2.24) is 0 Å². The van der Waals surface area contributed by atoms with Crippen LogP contribution in [0.15, 0.2) is 11.1 Å². The van der Waals surface area contributed by atoms with E-state index in [4.69, 9.17) is 0 Å². The van der Waals surface area contributed by atoms with Crippen molar-refractivity contribution < 1.29 is 0 Å². The van der Waals surface area contributed by atoms with Crippen LogP contribution in [0.1, 0.15) is 45.4 Å². The van der Waals surface area contributed by atoms with Gasteiger partial charge in [-0.3, -0.25) is 0 Å². The van der Waals surface area contributed by atoms with Gasteiger partial charge in [0.25, 0.3) is 0 Å². The molecule has 60 valence electrons. The van der Waals surface area contributed by atoms with Crippen molar-refractivity contribution in [1.29, 1.82) is 0 Å². The molecule has 0 atom stereocenters. The molecule has 3 saturated carbocycles. The van der Waals surface area contributed by atoms with Crippen molar-refractivity contribution in [3.05, 3.63) is 11.1 Å². The van der Waals surface area contributed by atoms with Crippen molar-refractivity contribution in [3.8, 4) is 0 Å². The highest BCUT2D eigenvalue weighted by Gasteiger charge is 2.48. The fourth-order valence-electron chi connectivity index (χ4n) is 2.37. The van der Waals surface area contributed by atoms with E-state index < -0.39 is 0 Å². The minimum atomic E-state index is 0.715. The lowest BCUT2D eigenvalue weighted by Crippen LogP contribution is -2.00. The van der Waals surface area contributed by atoms with Crippen molar-refractivity contribution in [2.24, 2.45) is 11.3 Å². The van der Waals surface area contributed by atoms with Gasteiger partial charge in [0, 0.05) is 0 Å². The van der Waals surface area contributed by atoms with E-state index in [1.54, 1.807) is 0 Å². The zero-order chi connectivity index (χ0) is 7.47. The van der Waals surface area contributed by atoms with Gasteiger partial charge in [-0.2, -0.15) is 0 Å². The van der Waals surface area contributed by atoms with Gasteiger partial charge in [-0.15, -0.1) is 0 Å². The van der Waals surface area contributed by atoms with Crippen LogP contribution in [0.25, 0.3) is 0 Å². The Morgan fingerprint density at radius 2 is 1.91 bits per heavy atom. The number of hydrogen-bond donors (Lipinski definition) is 0. The van der Waals surface area contributed by atoms with E-state index in [2.05, 4.69) is 6.92 Å². The molecule has 0 aromatic heterocycles. The van der Waals surface area contributed by atoms with E-state index >= 15 is 0 Å². The minimum absolute atomic E-state index is 0.715. The highest BCUT2D eigenvalue weighted by atomic mass is 14.5. The highest BCUT2D eigenvalue weighted by Crippen LogP contribution is 2.62. The lowest BCUT2D eigenvalue weighted by atomic mass is 9.93. The van der Waals surface area contributed by atoms with Gasteiger partial charge in [-0.1, -0.05) is 18.1 Å². The van der Waals surface area contributed by atoms with Crippen molar-refractivity contribution in [3.63, 3.8) is 0 Å². The van der Waals surface area contributed by atoms with Crippen LogP contribution in [0, 0.1) is 11.3 Å². The van der Waals surface area contributed by atoms with Gasteiger partial charge in [0.2, 0.25) is 0 Å². The Labute approximate surface area is 68.7 Å². The maximum atomic E-state index is 2.48. The Hall–Kier alpha value is -0.260. The molecule has 0 spiro atoms. The van der Waals surface area contributed by atoms with Crippen LogP contribution in [-0.2, 0) is 0 Å². The lowest BCUT2D eigenvalue weighted by Gasteiger charge is -2.12. The van der Waals surface area contributed by atoms with Gasteiger partial charge in [0.15, 0.2) is 0 Å². The number of rotatable bonds is 2. The van der Waals surface area contributed by atoms with E-state index in [0.717, 1.165) is 5.92 Å². The third kappa shape index (κ3) is 0.953. The van der Waals surface area contributed by atoms with Crippen LogP contribution in [0.4, 0.5) is 0 Å². The Morgan fingerprint density at radius 3 is 2.27 bits per heavy atom. The molecular weight excluding hydrogens is 132 g/mol. The molecule has 0 radical (unpaired) electrons. The van der Waals surface area contributed by atoms with Gasteiger partial charge in [-0.25, -0.2) is 0 Å². The molecular formula is C11H16. The van der Waals surface area contributed by atoms with Crippen molar-refractivity contribution in [2.75, 3.05) is 0 Å². The molecule has 11 heavy (non-hydrogen) atoms. The Kier molecular flexibility index (Phi) is 0.987. The number of allylic oxidation sites excluding steroid dienone is 2. The van der Waals surface area contributed by atoms with Gasteiger partial charge < -0.3 is 0 Å². The molecule has 0 N–H and O–H groups in total. The molecule has 0 aliphatic heterocycles. The quantitative estimate of drug-likeness (QED) is 0.527. The predicted molar refractivity (Wildman–Crippen MR) is 46.3 cm³/mol. The third-order valence-electron chi connectivity index (χ3n) is 3.52. The van der Waals surface area contributed by atoms with Gasteiger partial charge in [0.1, 0.15) is 0 Å². The molecule has 0 amide bonds. The maximum Gasteiger partial charge on any atom is -0.0110 e. The second-order valence-electron chi connectivity index (χ2n) is 4.85. The molecule has 0 saturated heterocycles. The number of hydrogen-bond acceptors (Lipinski definition) is 0. The van der Waals surface area contributed by atoms with Crippen molar-refractivity contribution in [2.45, 2.75) is 45.4 Å². The third-order valence-corrected chi connectivity index (χ3v) is 3.52. The van der Waals surface area contributed by atoms with E-state index in [9.17, 15) is 0 Å². The van der Waals surface area contributed by atoms with E-state index in [1.165, 1.54) is 38.5 Å². The summed E-state index contributed by atoms with van der Waals surface area (Å²) >= 11 is 0. The average molecular weight is 148 g/mol. The average Bonchev–Trinajstić information content (AvgIpc) is 2.66. The Bertz CT molecular complexity index is 220. The summed E-state index contributed by atoms with van der Waals surface area (Å²) in [6.45, 7) is 2.48. The van der Waals surface area contributed by atoms with Crippen LogP contribution in [-0.4, -0.2) is 0 Å². The first kappa shape index (κ1) is 6.28. The van der Waals surface area contributed by atoms with E-state index in [1.807, 2.05) is 11.1 Å². The first-order chi connectivity index (χ1) is 5.30. The summed E-state index contributed by atoms with van der Waals surface area (Å²) in [5, 5.41) is 0. The largest absolute Gasteiger partial charge is 0.0695 e. The van der Waals surface area contributed by atoms with Crippen LogP contribution in [0.5, 0.6) is 0 Å². The standard InChI is InChI=1S/C11H16/c1-11(6-7-11)10(8-2-3-8)9-4-5-9/h8H,2-7H2,1H3. The summed E-state index contributed by atoms with van der Waals surface area (Å²) in [6, 6.07) is 0. The summed E-state index contributed by atoms with van der Waals surface area (Å²) in [6.07, 6.45) is 8.89. The first-order valence-electron chi connectivity index (χ1n) is 5.02. The van der Waals surface area contributed by atoms with Crippen LogP contribution < -0.4 is 0 Å². The monoisotopic (exact) mass is 148 g/mol. The molecule has 3 aliphatic rings. The van der Waals surface area contributed by atoms with E-state index in [0.29, 0.717) is 5.41 Å². The molecule has 0 heterocycles.